The second kappa shape index (κ2) is 8.50. The van der Waals surface area contributed by atoms with E-state index in [1.807, 2.05) is 24.3 Å². The van der Waals surface area contributed by atoms with Crippen molar-refractivity contribution in [3.8, 4) is 0 Å². The average Bonchev–Trinajstić information content (AvgIpc) is 2.40. The van der Waals surface area contributed by atoms with Gasteiger partial charge in [0.05, 0.1) is 12.5 Å². The van der Waals surface area contributed by atoms with Crippen LogP contribution in [0.5, 0.6) is 0 Å². The molecule has 0 aliphatic rings. The van der Waals surface area contributed by atoms with E-state index in [0.717, 1.165) is 10.0 Å². The molecule has 0 aliphatic heterocycles. The van der Waals surface area contributed by atoms with Gasteiger partial charge in [-0.1, -0.05) is 28.1 Å². The summed E-state index contributed by atoms with van der Waals surface area (Å²) in [6, 6.07) is 7.52. The highest BCUT2D eigenvalue weighted by atomic mass is 79.9. The molecule has 108 valence electrons. The van der Waals surface area contributed by atoms with Gasteiger partial charge < -0.3 is 15.2 Å². The third-order valence-corrected chi connectivity index (χ3v) is 3.01. The van der Waals surface area contributed by atoms with Gasteiger partial charge in [-0.3, -0.25) is 9.59 Å². The zero-order valence-corrected chi connectivity index (χ0v) is 12.6. The first-order chi connectivity index (χ1) is 9.51. The number of aliphatic carboxylic acids is 1. The van der Waals surface area contributed by atoms with E-state index in [9.17, 15) is 9.59 Å². The Balaban J connectivity index is 2.45. The van der Waals surface area contributed by atoms with Crippen molar-refractivity contribution < 1.29 is 19.4 Å². The van der Waals surface area contributed by atoms with Crippen molar-refractivity contribution >= 4 is 33.9 Å². The summed E-state index contributed by atoms with van der Waals surface area (Å²) in [4.78, 5) is 22.1. The van der Waals surface area contributed by atoms with E-state index in [-0.39, 0.29) is 18.9 Å². The maximum atomic E-state index is 11.6. The lowest BCUT2D eigenvalue weighted by atomic mass is 10.2. The highest BCUT2D eigenvalue weighted by Crippen LogP contribution is 2.12. The Bertz CT molecular complexity index is 502. The van der Waals surface area contributed by atoms with Crippen molar-refractivity contribution in [1.29, 1.82) is 0 Å². The summed E-state index contributed by atoms with van der Waals surface area (Å²) >= 11 is 3.34. The fourth-order valence-electron chi connectivity index (χ4n) is 1.49. The quantitative estimate of drug-likeness (QED) is 0.744. The first kappa shape index (κ1) is 16.4. The number of hydrogen-bond acceptors (Lipinski definition) is 3. The van der Waals surface area contributed by atoms with Crippen LogP contribution in [0.15, 0.2) is 34.8 Å². The van der Waals surface area contributed by atoms with Crippen LogP contribution in [0.1, 0.15) is 12.0 Å². The van der Waals surface area contributed by atoms with Crippen LogP contribution in [0.4, 0.5) is 0 Å². The Kier molecular flexibility index (Phi) is 6.97. The van der Waals surface area contributed by atoms with E-state index in [1.54, 1.807) is 6.08 Å². The molecule has 0 fully saturated rings. The Morgan fingerprint density at radius 1 is 1.50 bits per heavy atom. The van der Waals surface area contributed by atoms with Gasteiger partial charge in [-0.05, 0) is 23.8 Å². The maximum absolute atomic E-state index is 11.6. The lowest BCUT2D eigenvalue weighted by molar-refractivity contribution is -0.140. The third kappa shape index (κ3) is 6.49. The van der Waals surface area contributed by atoms with E-state index >= 15 is 0 Å². The maximum Gasteiger partial charge on any atom is 0.306 e. The Morgan fingerprint density at radius 3 is 2.85 bits per heavy atom. The Morgan fingerprint density at radius 2 is 2.25 bits per heavy atom. The first-order valence-corrected chi connectivity index (χ1v) is 6.76. The summed E-state index contributed by atoms with van der Waals surface area (Å²) in [5, 5.41) is 11.2. The summed E-state index contributed by atoms with van der Waals surface area (Å²) in [6.07, 6.45) is 2.40. The summed E-state index contributed by atoms with van der Waals surface area (Å²) in [5.74, 6) is -1.26. The average molecular weight is 342 g/mol. The molecular weight excluding hydrogens is 326 g/mol. The minimum Gasteiger partial charge on any atom is -0.481 e. The van der Waals surface area contributed by atoms with E-state index in [4.69, 9.17) is 9.84 Å². The second-order valence-corrected chi connectivity index (χ2v) is 5.00. The number of rotatable bonds is 7. The van der Waals surface area contributed by atoms with Crippen LogP contribution in [-0.2, 0) is 14.3 Å². The van der Waals surface area contributed by atoms with E-state index in [2.05, 4.69) is 21.2 Å². The van der Waals surface area contributed by atoms with Crippen LogP contribution in [0.25, 0.3) is 6.08 Å². The molecule has 1 rings (SSSR count). The van der Waals surface area contributed by atoms with Gasteiger partial charge in [-0.25, -0.2) is 0 Å². The van der Waals surface area contributed by atoms with Gasteiger partial charge in [-0.2, -0.15) is 0 Å². The number of methoxy groups -OCH3 is 1. The summed E-state index contributed by atoms with van der Waals surface area (Å²) in [5.41, 5.74) is 0.892. The van der Waals surface area contributed by atoms with Crippen molar-refractivity contribution in [2.45, 2.75) is 12.5 Å². The number of carboxylic acid groups (broad SMARTS) is 1. The Labute approximate surface area is 125 Å². The molecule has 0 radical (unpaired) electrons. The fourth-order valence-corrected chi connectivity index (χ4v) is 1.91. The van der Waals surface area contributed by atoms with Crippen LogP contribution in [0.3, 0.4) is 0 Å². The molecular formula is C14H16BrNO4. The molecule has 0 aliphatic carbocycles. The van der Waals surface area contributed by atoms with Crippen molar-refractivity contribution in [2.75, 3.05) is 13.7 Å². The molecule has 1 aromatic rings. The number of ether oxygens (including phenoxy) is 1. The largest absolute Gasteiger partial charge is 0.481 e. The number of benzene rings is 1. The molecule has 1 amide bonds. The summed E-state index contributed by atoms with van der Waals surface area (Å²) < 4.78 is 5.90. The normalized spacial score (nSPS) is 12.3. The number of halogens is 1. The highest BCUT2D eigenvalue weighted by Gasteiger charge is 2.12. The van der Waals surface area contributed by atoms with E-state index in [0.29, 0.717) is 0 Å². The number of carboxylic acids is 1. The van der Waals surface area contributed by atoms with Gasteiger partial charge in [0.15, 0.2) is 0 Å². The molecule has 1 aromatic carbocycles. The standard InChI is InChI=1S/C14H16BrNO4/c1-20-12(8-14(18)19)9-16-13(17)6-5-10-3-2-4-11(15)7-10/h2-7,12H,8-9H2,1H3,(H,16,17)(H,18,19)/b6-5+. The predicted molar refractivity (Wildman–Crippen MR) is 79.2 cm³/mol. The van der Waals surface area contributed by atoms with Crippen molar-refractivity contribution in [3.63, 3.8) is 0 Å². The molecule has 2 N–H and O–H groups in total. The molecule has 20 heavy (non-hydrogen) atoms. The second-order valence-electron chi connectivity index (χ2n) is 4.09. The number of carbonyl (C=O) groups is 2. The summed E-state index contributed by atoms with van der Waals surface area (Å²) in [7, 11) is 1.41. The van der Waals surface area contributed by atoms with Gasteiger partial charge in [0, 0.05) is 24.2 Å². The zero-order valence-electron chi connectivity index (χ0n) is 11.0. The summed E-state index contributed by atoms with van der Waals surface area (Å²) in [6.45, 7) is 0.157. The highest BCUT2D eigenvalue weighted by molar-refractivity contribution is 9.10. The predicted octanol–water partition coefficient (Wildman–Crippen LogP) is 2.07. The molecule has 1 unspecified atom stereocenters. The minimum atomic E-state index is -0.962. The van der Waals surface area contributed by atoms with E-state index in [1.165, 1.54) is 13.2 Å². The monoisotopic (exact) mass is 341 g/mol. The van der Waals surface area contributed by atoms with Crippen molar-refractivity contribution in [2.24, 2.45) is 0 Å². The molecule has 5 nitrogen and oxygen atoms in total. The van der Waals surface area contributed by atoms with Crippen LogP contribution >= 0.6 is 15.9 Å². The molecule has 6 heteroatoms. The molecule has 0 bridgehead atoms. The number of carbonyl (C=O) groups excluding carboxylic acids is 1. The zero-order chi connectivity index (χ0) is 15.0. The molecule has 0 saturated heterocycles. The smallest absolute Gasteiger partial charge is 0.306 e. The fraction of sp³-hybridized carbons (Fsp3) is 0.286. The van der Waals surface area contributed by atoms with Crippen molar-refractivity contribution in [1.82, 2.24) is 5.32 Å². The lowest BCUT2D eigenvalue weighted by Gasteiger charge is -2.12. The first-order valence-electron chi connectivity index (χ1n) is 5.97. The molecule has 0 saturated carbocycles. The van der Waals surface area contributed by atoms with Crippen LogP contribution < -0.4 is 5.32 Å². The number of nitrogens with one attached hydrogen (secondary N) is 1. The Hall–Kier alpha value is -1.66. The van der Waals surface area contributed by atoms with Gasteiger partial charge >= 0.3 is 5.97 Å². The molecule has 0 spiro atoms. The number of hydrogen-bond donors (Lipinski definition) is 2. The number of amides is 1. The van der Waals surface area contributed by atoms with Gasteiger partial charge in [0.25, 0.3) is 0 Å². The van der Waals surface area contributed by atoms with Crippen molar-refractivity contribution in [3.05, 3.63) is 40.4 Å². The van der Waals surface area contributed by atoms with Crippen LogP contribution in [-0.4, -0.2) is 36.7 Å². The van der Waals surface area contributed by atoms with E-state index < -0.39 is 12.1 Å². The molecule has 0 aromatic heterocycles. The van der Waals surface area contributed by atoms with Gasteiger partial charge in [-0.15, -0.1) is 0 Å². The minimum absolute atomic E-state index is 0.147. The third-order valence-electron chi connectivity index (χ3n) is 2.52. The van der Waals surface area contributed by atoms with Gasteiger partial charge in [0.2, 0.25) is 5.91 Å². The molecule has 1 atom stereocenters. The topological polar surface area (TPSA) is 75.6 Å². The SMILES string of the molecule is COC(CNC(=O)/C=C/c1cccc(Br)c1)CC(=O)O. The molecule has 0 heterocycles. The lowest BCUT2D eigenvalue weighted by Crippen LogP contribution is -2.33. The van der Waals surface area contributed by atoms with Crippen LogP contribution in [0.2, 0.25) is 0 Å². The van der Waals surface area contributed by atoms with Crippen LogP contribution in [0, 0.1) is 0 Å². The van der Waals surface area contributed by atoms with Gasteiger partial charge in [0.1, 0.15) is 0 Å².